The molecule has 2 heterocycles. The summed E-state index contributed by atoms with van der Waals surface area (Å²) in [5.41, 5.74) is 11.2. The topological polar surface area (TPSA) is 0 Å². The molecular formula is C50H32S2. The van der Waals surface area contributed by atoms with E-state index in [1.165, 1.54) is 101 Å². The zero-order valence-electron chi connectivity index (χ0n) is 28.3. The summed E-state index contributed by atoms with van der Waals surface area (Å²) in [5, 5.41) is 9.49. The summed E-state index contributed by atoms with van der Waals surface area (Å²) in [6.45, 7) is 0. The smallest absolute Gasteiger partial charge is 0.0361 e. The SMILES string of the molecule is C1=CC2C(c3ccc4c5c(sc4c3)C=CC3=c4c(sc6cc(-c7cc8ccccc8c8ccccc78)ccc46)=CCC35)=Cc3ccccc3C2C=C1. The number of hydrogen-bond donors (Lipinski definition) is 0. The molecule has 4 aliphatic rings. The third-order valence-corrected chi connectivity index (χ3v) is 14.3. The monoisotopic (exact) mass is 696 g/mol. The fourth-order valence-electron chi connectivity index (χ4n) is 9.67. The van der Waals surface area contributed by atoms with Crippen molar-refractivity contribution in [3.05, 3.63) is 183 Å². The second-order valence-electron chi connectivity index (χ2n) is 14.7. The van der Waals surface area contributed by atoms with E-state index in [0.29, 0.717) is 17.8 Å². The van der Waals surface area contributed by atoms with Crippen LogP contribution in [0.4, 0.5) is 0 Å². The van der Waals surface area contributed by atoms with Gasteiger partial charge in [0, 0.05) is 47.2 Å². The molecule has 244 valence electrons. The average molecular weight is 697 g/mol. The van der Waals surface area contributed by atoms with Crippen molar-refractivity contribution < 1.29 is 0 Å². The summed E-state index contributed by atoms with van der Waals surface area (Å²) in [5.74, 6) is 1.14. The van der Waals surface area contributed by atoms with Gasteiger partial charge < -0.3 is 0 Å². The van der Waals surface area contributed by atoms with Crippen molar-refractivity contribution in [2.24, 2.45) is 5.92 Å². The number of benzene rings is 6. The van der Waals surface area contributed by atoms with Crippen molar-refractivity contribution in [1.29, 1.82) is 0 Å². The Hall–Kier alpha value is -5.54. The maximum atomic E-state index is 2.52. The van der Waals surface area contributed by atoms with Crippen LogP contribution < -0.4 is 9.75 Å². The molecule has 0 saturated heterocycles. The van der Waals surface area contributed by atoms with Crippen molar-refractivity contribution >= 4 is 93.8 Å². The van der Waals surface area contributed by atoms with E-state index in [4.69, 9.17) is 0 Å². The lowest BCUT2D eigenvalue weighted by Crippen LogP contribution is -2.28. The lowest BCUT2D eigenvalue weighted by atomic mass is 9.71. The summed E-state index contributed by atoms with van der Waals surface area (Å²) in [4.78, 5) is 1.42. The lowest BCUT2D eigenvalue weighted by Gasteiger charge is -2.32. The Kier molecular flexibility index (Phi) is 6.14. The maximum Gasteiger partial charge on any atom is 0.0361 e. The van der Waals surface area contributed by atoms with Gasteiger partial charge >= 0.3 is 0 Å². The number of allylic oxidation sites excluding steroid dienone is 6. The summed E-state index contributed by atoms with van der Waals surface area (Å²) in [6, 6.07) is 43.4. The van der Waals surface area contributed by atoms with Gasteiger partial charge in [0.2, 0.25) is 0 Å². The van der Waals surface area contributed by atoms with Gasteiger partial charge in [0.1, 0.15) is 0 Å². The first kappa shape index (κ1) is 29.1. The largest absolute Gasteiger partial charge is 0.135 e. The van der Waals surface area contributed by atoms with E-state index in [9.17, 15) is 0 Å². The third-order valence-electron chi connectivity index (χ3n) is 12.0. The number of fused-ring (bicyclic) bond motifs is 14. The molecule has 6 aromatic carbocycles. The van der Waals surface area contributed by atoms with Crippen LogP contribution in [0.25, 0.3) is 82.2 Å². The molecule has 0 bridgehead atoms. The minimum atomic E-state index is 0.366. The van der Waals surface area contributed by atoms with E-state index in [1.807, 2.05) is 22.7 Å². The van der Waals surface area contributed by atoms with Gasteiger partial charge in [0.25, 0.3) is 0 Å². The second-order valence-corrected chi connectivity index (χ2v) is 16.8. The number of hydrogen-bond acceptors (Lipinski definition) is 2. The Labute approximate surface area is 310 Å². The van der Waals surface area contributed by atoms with E-state index in [-0.39, 0.29) is 0 Å². The number of thiophene rings is 2. The Bertz CT molecular complexity index is 3120. The van der Waals surface area contributed by atoms with Crippen LogP contribution in [0.5, 0.6) is 0 Å². The van der Waals surface area contributed by atoms with Gasteiger partial charge in [-0.25, -0.2) is 0 Å². The van der Waals surface area contributed by atoms with Gasteiger partial charge in [-0.05, 0) is 102 Å². The van der Waals surface area contributed by atoms with E-state index in [2.05, 4.69) is 164 Å². The van der Waals surface area contributed by atoms with Crippen LogP contribution in [-0.4, -0.2) is 0 Å². The molecule has 3 atom stereocenters. The molecule has 3 unspecified atom stereocenters. The van der Waals surface area contributed by atoms with E-state index >= 15 is 0 Å². The van der Waals surface area contributed by atoms with Crippen molar-refractivity contribution in [3.63, 3.8) is 0 Å². The van der Waals surface area contributed by atoms with Crippen LogP contribution in [0.2, 0.25) is 0 Å². The lowest BCUT2D eigenvalue weighted by molar-refractivity contribution is 0.709. The Morgan fingerprint density at radius 2 is 1.33 bits per heavy atom. The molecule has 4 aliphatic carbocycles. The Balaban J connectivity index is 0.971. The first-order valence-corrected chi connectivity index (χ1v) is 20.0. The van der Waals surface area contributed by atoms with Crippen LogP contribution in [0.1, 0.15) is 45.4 Å². The van der Waals surface area contributed by atoms with Crippen molar-refractivity contribution in [3.8, 4) is 11.1 Å². The van der Waals surface area contributed by atoms with Gasteiger partial charge in [-0.1, -0.05) is 140 Å². The molecule has 0 amide bonds. The molecule has 0 nitrogen and oxygen atoms in total. The molecule has 0 aliphatic heterocycles. The summed E-state index contributed by atoms with van der Waals surface area (Å²) >= 11 is 3.92. The van der Waals surface area contributed by atoms with E-state index in [1.54, 1.807) is 0 Å². The van der Waals surface area contributed by atoms with Crippen LogP contribution in [0.3, 0.4) is 0 Å². The summed E-state index contributed by atoms with van der Waals surface area (Å²) in [7, 11) is 0. The number of rotatable bonds is 2. The standard InChI is InChI=1S/C50H32S2/c1-3-11-33-29(9-1)25-43(37-15-7-5-13-35(33)37)31-17-19-41-47(27-31)51-45-23-21-40-39(49(41)45)22-24-46-50(40)42-20-18-32(28-48(42)52-46)44-26-30-10-2-4-12-34(30)36-14-6-8-16-38(36)44/h1-21,23-28,35,37,39H,22H2. The quantitative estimate of drug-likeness (QED) is 0.158. The molecule has 2 heteroatoms. The molecule has 0 saturated carbocycles. The Morgan fingerprint density at radius 1 is 0.577 bits per heavy atom. The Morgan fingerprint density at radius 3 is 2.27 bits per heavy atom. The summed E-state index contributed by atoms with van der Waals surface area (Å²) < 4.78 is 4.19. The van der Waals surface area contributed by atoms with Gasteiger partial charge in [0.05, 0.1) is 0 Å². The average Bonchev–Trinajstić information content (AvgIpc) is 3.78. The zero-order chi connectivity index (χ0) is 33.9. The first-order chi connectivity index (χ1) is 25.8. The van der Waals surface area contributed by atoms with E-state index < -0.39 is 0 Å². The molecule has 0 radical (unpaired) electrons. The van der Waals surface area contributed by atoms with Crippen LogP contribution in [0.15, 0.2) is 146 Å². The molecule has 0 N–H and O–H groups in total. The van der Waals surface area contributed by atoms with Crippen molar-refractivity contribution in [1.82, 2.24) is 0 Å². The summed E-state index contributed by atoms with van der Waals surface area (Å²) in [6.07, 6.45) is 20.1. The van der Waals surface area contributed by atoms with Gasteiger partial charge in [-0.3, -0.25) is 0 Å². The highest BCUT2D eigenvalue weighted by Crippen LogP contribution is 2.50. The molecule has 2 aromatic heterocycles. The molecule has 0 fully saturated rings. The third kappa shape index (κ3) is 4.14. The highest BCUT2D eigenvalue weighted by Gasteiger charge is 2.32. The second kappa shape index (κ2) is 11.0. The normalized spacial score (nSPS) is 19.7. The zero-order valence-corrected chi connectivity index (χ0v) is 30.0. The minimum Gasteiger partial charge on any atom is -0.135 e. The van der Waals surface area contributed by atoms with Crippen molar-refractivity contribution in [2.45, 2.75) is 18.3 Å². The van der Waals surface area contributed by atoms with E-state index in [0.717, 1.165) is 6.42 Å². The predicted molar refractivity (Wildman–Crippen MR) is 226 cm³/mol. The first-order valence-electron chi connectivity index (χ1n) is 18.3. The fraction of sp³-hybridized carbons (Fsp3) is 0.0800. The molecule has 8 aromatic rings. The fourth-order valence-corrected chi connectivity index (χ4v) is 12.1. The van der Waals surface area contributed by atoms with Crippen LogP contribution in [0, 0.1) is 5.92 Å². The molecular weight excluding hydrogens is 665 g/mol. The molecule has 12 rings (SSSR count). The predicted octanol–water partition coefficient (Wildman–Crippen LogP) is 12.6. The minimum absolute atomic E-state index is 0.366. The molecule has 52 heavy (non-hydrogen) atoms. The van der Waals surface area contributed by atoms with Gasteiger partial charge in [-0.15, -0.1) is 22.7 Å². The van der Waals surface area contributed by atoms with Crippen LogP contribution in [-0.2, 0) is 0 Å². The van der Waals surface area contributed by atoms with Crippen LogP contribution >= 0.6 is 22.7 Å². The molecule has 0 spiro atoms. The maximum absolute atomic E-state index is 2.52. The highest BCUT2D eigenvalue weighted by molar-refractivity contribution is 7.20. The van der Waals surface area contributed by atoms with Crippen molar-refractivity contribution in [2.75, 3.05) is 0 Å². The van der Waals surface area contributed by atoms with Gasteiger partial charge in [-0.2, -0.15) is 0 Å². The van der Waals surface area contributed by atoms with Gasteiger partial charge in [0.15, 0.2) is 0 Å². The highest BCUT2D eigenvalue weighted by atomic mass is 32.1.